The van der Waals surface area contributed by atoms with Crippen molar-refractivity contribution in [1.29, 1.82) is 0 Å². The van der Waals surface area contributed by atoms with E-state index in [9.17, 15) is 4.79 Å². The second-order valence-electron chi connectivity index (χ2n) is 3.70. The lowest BCUT2D eigenvalue weighted by Gasteiger charge is -2.07. The normalized spacial score (nSPS) is 12.1. The first-order valence-corrected chi connectivity index (χ1v) is 5.41. The fraction of sp³-hybridized carbons (Fsp3) is 0.750. The van der Waals surface area contributed by atoms with Crippen molar-refractivity contribution in [2.75, 3.05) is 7.11 Å². The Kier molecular flexibility index (Phi) is 8.30. The van der Waals surface area contributed by atoms with Crippen molar-refractivity contribution in [2.24, 2.45) is 5.92 Å². The molecule has 1 atom stereocenters. The van der Waals surface area contributed by atoms with E-state index in [0.717, 1.165) is 19.3 Å². The monoisotopic (exact) mass is 198 g/mol. The van der Waals surface area contributed by atoms with Gasteiger partial charge in [-0.15, -0.1) is 6.58 Å². The zero-order valence-electron chi connectivity index (χ0n) is 9.42. The molecule has 2 heteroatoms. The number of unbranched alkanes of at least 4 members (excludes halogenated alkanes) is 4. The Balaban J connectivity index is 3.27. The molecule has 0 saturated heterocycles. The number of carbonyl (C=O) groups is 1. The van der Waals surface area contributed by atoms with E-state index in [2.05, 4.69) is 11.3 Å². The molecular weight excluding hydrogens is 176 g/mol. The van der Waals surface area contributed by atoms with E-state index in [1.165, 1.54) is 26.4 Å². The fourth-order valence-electron chi connectivity index (χ4n) is 1.41. The molecule has 0 aromatic heterocycles. The average molecular weight is 198 g/mol. The third-order valence-corrected chi connectivity index (χ3v) is 2.40. The molecule has 14 heavy (non-hydrogen) atoms. The standard InChI is InChI=1S/C12H22O2/c1-4-5-6-7-8-9-10-11(2)12(13)14-3/h4,11H,1,5-10H2,2-3H3. The third-order valence-electron chi connectivity index (χ3n) is 2.40. The minimum atomic E-state index is -0.0870. The molecule has 0 aromatic carbocycles. The lowest BCUT2D eigenvalue weighted by atomic mass is 10.0. The zero-order chi connectivity index (χ0) is 10.8. The number of rotatable bonds is 8. The fourth-order valence-corrected chi connectivity index (χ4v) is 1.41. The first-order valence-electron chi connectivity index (χ1n) is 5.41. The van der Waals surface area contributed by atoms with Gasteiger partial charge in [-0.2, -0.15) is 0 Å². The van der Waals surface area contributed by atoms with Crippen LogP contribution in [0.3, 0.4) is 0 Å². The lowest BCUT2D eigenvalue weighted by molar-refractivity contribution is -0.145. The maximum atomic E-state index is 11.0. The number of methoxy groups -OCH3 is 1. The number of allylic oxidation sites excluding steroid dienone is 1. The third kappa shape index (κ3) is 6.70. The smallest absolute Gasteiger partial charge is 0.308 e. The van der Waals surface area contributed by atoms with Gasteiger partial charge in [0, 0.05) is 0 Å². The number of hydrogen-bond donors (Lipinski definition) is 0. The lowest BCUT2D eigenvalue weighted by Crippen LogP contribution is -2.12. The Morgan fingerprint density at radius 2 is 2.00 bits per heavy atom. The Bertz CT molecular complexity index is 164. The van der Waals surface area contributed by atoms with E-state index in [0.29, 0.717) is 0 Å². The highest BCUT2D eigenvalue weighted by Crippen LogP contribution is 2.12. The maximum absolute atomic E-state index is 11.0. The van der Waals surface area contributed by atoms with E-state index in [4.69, 9.17) is 0 Å². The maximum Gasteiger partial charge on any atom is 0.308 e. The van der Waals surface area contributed by atoms with E-state index in [1.54, 1.807) is 0 Å². The van der Waals surface area contributed by atoms with Crippen molar-refractivity contribution in [2.45, 2.75) is 45.4 Å². The predicted molar refractivity (Wildman–Crippen MR) is 59.1 cm³/mol. The van der Waals surface area contributed by atoms with E-state index in [-0.39, 0.29) is 11.9 Å². The molecule has 0 aliphatic carbocycles. The van der Waals surface area contributed by atoms with Crippen LogP contribution < -0.4 is 0 Å². The second kappa shape index (κ2) is 8.79. The summed E-state index contributed by atoms with van der Waals surface area (Å²) in [5.74, 6) is -0.0319. The van der Waals surface area contributed by atoms with Crippen molar-refractivity contribution in [1.82, 2.24) is 0 Å². The summed E-state index contributed by atoms with van der Waals surface area (Å²) in [6.45, 7) is 5.61. The van der Waals surface area contributed by atoms with Gasteiger partial charge in [-0.1, -0.05) is 32.3 Å². The SMILES string of the molecule is C=CCCCCCCC(C)C(=O)OC. The Labute approximate surface area is 87.3 Å². The van der Waals surface area contributed by atoms with Crippen LogP contribution >= 0.6 is 0 Å². The van der Waals surface area contributed by atoms with Crippen LogP contribution in [0, 0.1) is 5.92 Å². The van der Waals surface area contributed by atoms with Gasteiger partial charge >= 0.3 is 5.97 Å². The van der Waals surface area contributed by atoms with Gasteiger partial charge in [0.05, 0.1) is 13.0 Å². The van der Waals surface area contributed by atoms with Crippen molar-refractivity contribution in [3.05, 3.63) is 12.7 Å². The minimum Gasteiger partial charge on any atom is -0.469 e. The highest BCUT2D eigenvalue weighted by atomic mass is 16.5. The second-order valence-corrected chi connectivity index (χ2v) is 3.70. The molecule has 0 aliphatic heterocycles. The quantitative estimate of drug-likeness (QED) is 0.340. The molecule has 0 amide bonds. The van der Waals surface area contributed by atoms with Gasteiger partial charge in [0.25, 0.3) is 0 Å². The van der Waals surface area contributed by atoms with Gasteiger partial charge < -0.3 is 4.74 Å². The molecule has 0 aliphatic rings. The summed E-state index contributed by atoms with van der Waals surface area (Å²) in [5.41, 5.74) is 0. The van der Waals surface area contributed by atoms with Crippen LogP contribution in [0.5, 0.6) is 0 Å². The summed E-state index contributed by atoms with van der Waals surface area (Å²) in [6, 6.07) is 0. The van der Waals surface area contributed by atoms with Crippen LogP contribution in [0.4, 0.5) is 0 Å². The van der Waals surface area contributed by atoms with Gasteiger partial charge in [-0.25, -0.2) is 0 Å². The Morgan fingerprint density at radius 3 is 2.57 bits per heavy atom. The van der Waals surface area contributed by atoms with Crippen LogP contribution in [0.15, 0.2) is 12.7 Å². The largest absolute Gasteiger partial charge is 0.469 e. The molecule has 0 heterocycles. The van der Waals surface area contributed by atoms with Crippen LogP contribution in [0.2, 0.25) is 0 Å². The molecule has 0 rings (SSSR count). The van der Waals surface area contributed by atoms with Gasteiger partial charge in [0.1, 0.15) is 0 Å². The molecule has 0 radical (unpaired) electrons. The molecule has 0 bridgehead atoms. The number of ether oxygens (including phenoxy) is 1. The predicted octanol–water partition coefficient (Wildman–Crippen LogP) is 3.32. The molecule has 0 saturated carbocycles. The molecule has 0 spiro atoms. The van der Waals surface area contributed by atoms with Crippen molar-refractivity contribution >= 4 is 5.97 Å². The molecule has 2 nitrogen and oxygen atoms in total. The molecule has 82 valence electrons. The molecule has 0 aromatic rings. The van der Waals surface area contributed by atoms with Crippen LogP contribution in [-0.2, 0) is 9.53 Å². The van der Waals surface area contributed by atoms with Crippen molar-refractivity contribution in [3.63, 3.8) is 0 Å². The minimum absolute atomic E-state index is 0.0550. The molecular formula is C12H22O2. The summed E-state index contributed by atoms with van der Waals surface area (Å²) >= 11 is 0. The van der Waals surface area contributed by atoms with E-state index < -0.39 is 0 Å². The van der Waals surface area contributed by atoms with Crippen LogP contribution in [-0.4, -0.2) is 13.1 Å². The topological polar surface area (TPSA) is 26.3 Å². The number of esters is 1. The molecule has 0 N–H and O–H groups in total. The summed E-state index contributed by atoms with van der Waals surface area (Å²) in [7, 11) is 1.45. The summed E-state index contributed by atoms with van der Waals surface area (Å²) < 4.78 is 4.66. The Morgan fingerprint density at radius 1 is 1.36 bits per heavy atom. The van der Waals surface area contributed by atoms with Gasteiger partial charge in [0.2, 0.25) is 0 Å². The summed E-state index contributed by atoms with van der Waals surface area (Å²) in [4.78, 5) is 11.0. The van der Waals surface area contributed by atoms with Crippen LogP contribution in [0.1, 0.15) is 45.4 Å². The summed E-state index contributed by atoms with van der Waals surface area (Å²) in [5, 5.41) is 0. The zero-order valence-corrected chi connectivity index (χ0v) is 9.42. The highest BCUT2D eigenvalue weighted by molar-refractivity contribution is 5.71. The van der Waals surface area contributed by atoms with E-state index in [1.807, 2.05) is 13.0 Å². The van der Waals surface area contributed by atoms with E-state index >= 15 is 0 Å². The highest BCUT2D eigenvalue weighted by Gasteiger charge is 2.11. The van der Waals surface area contributed by atoms with Crippen LogP contribution in [0.25, 0.3) is 0 Å². The average Bonchev–Trinajstić information content (AvgIpc) is 2.21. The first-order chi connectivity index (χ1) is 6.72. The van der Waals surface area contributed by atoms with Gasteiger partial charge in [-0.05, 0) is 19.3 Å². The molecule has 0 fully saturated rings. The number of carbonyl (C=O) groups excluding carboxylic acids is 1. The van der Waals surface area contributed by atoms with Crippen molar-refractivity contribution < 1.29 is 9.53 Å². The van der Waals surface area contributed by atoms with Crippen molar-refractivity contribution in [3.8, 4) is 0 Å². The molecule has 1 unspecified atom stereocenters. The van der Waals surface area contributed by atoms with Gasteiger partial charge in [-0.3, -0.25) is 4.79 Å². The first kappa shape index (κ1) is 13.2. The number of hydrogen-bond acceptors (Lipinski definition) is 2. The summed E-state index contributed by atoms with van der Waals surface area (Å²) in [6.07, 6.45) is 8.78. The Hall–Kier alpha value is -0.790. The van der Waals surface area contributed by atoms with Gasteiger partial charge in [0.15, 0.2) is 0 Å².